The Hall–Kier alpha value is -3.18. The molecule has 0 aliphatic heterocycles. The van der Waals surface area contributed by atoms with Crippen LogP contribution in [0.5, 0.6) is 0 Å². The largest absolute Gasteiger partial charge is 0.384 e. The van der Waals surface area contributed by atoms with Crippen molar-refractivity contribution in [2.24, 2.45) is 0 Å². The molecule has 2 heterocycles. The summed E-state index contributed by atoms with van der Waals surface area (Å²) in [6.45, 7) is 3.48. The number of benzene rings is 3. The van der Waals surface area contributed by atoms with Crippen LogP contribution >= 0.6 is 22.9 Å². The molecule has 0 radical (unpaired) electrons. The van der Waals surface area contributed by atoms with E-state index in [-0.39, 0.29) is 0 Å². The van der Waals surface area contributed by atoms with E-state index in [2.05, 4.69) is 60.7 Å². The first-order chi connectivity index (χ1) is 15.9. The Labute approximate surface area is 202 Å². The van der Waals surface area contributed by atoms with Crippen LogP contribution in [0.1, 0.15) is 19.5 Å². The molecule has 3 aromatic carbocycles. The topological polar surface area (TPSA) is 38.0 Å². The third-order valence-electron chi connectivity index (χ3n) is 5.55. The first-order valence-corrected chi connectivity index (χ1v) is 11.9. The monoisotopic (exact) mass is 470 g/mol. The summed E-state index contributed by atoms with van der Waals surface area (Å²) in [6.07, 6.45) is 0. The Morgan fingerprint density at radius 3 is 2.15 bits per heavy atom. The highest BCUT2D eigenvalue weighted by atomic mass is 35.5. The number of aromatic nitrogens is 2. The number of hydrogen-bond donors (Lipinski definition) is 1. The van der Waals surface area contributed by atoms with Crippen LogP contribution in [0, 0.1) is 0 Å². The number of hydrogen-bond acceptors (Lipinski definition) is 3. The van der Waals surface area contributed by atoms with Gasteiger partial charge in [0, 0.05) is 4.88 Å². The SMILES string of the molecule is CC(C)(O)c1cc(-c2ccc(-c3ccccc3-c3ccccc3)s2)n(-c2ccccc2Cl)n1. The lowest BCUT2D eigenvalue weighted by Gasteiger charge is -2.13. The van der Waals surface area contributed by atoms with E-state index in [0.29, 0.717) is 10.7 Å². The molecule has 164 valence electrons. The number of halogens is 1. The van der Waals surface area contributed by atoms with Crippen molar-refractivity contribution in [1.82, 2.24) is 9.78 Å². The van der Waals surface area contributed by atoms with E-state index >= 15 is 0 Å². The van der Waals surface area contributed by atoms with Gasteiger partial charge in [-0.2, -0.15) is 5.10 Å². The van der Waals surface area contributed by atoms with Crippen molar-refractivity contribution < 1.29 is 5.11 Å². The Bertz CT molecular complexity index is 1410. The quantitative estimate of drug-likeness (QED) is 0.284. The maximum atomic E-state index is 10.6. The minimum absolute atomic E-state index is 0.594. The van der Waals surface area contributed by atoms with E-state index in [4.69, 9.17) is 16.7 Å². The zero-order valence-electron chi connectivity index (χ0n) is 18.4. The summed E-state index contributed by atoms with van der Waals surface area (Å²) in [7, 11) is 0. The van der Waals surface area contributed by atoms with Gasteiger partial charge in [0.05, 0.1) is 27.0 Å². The van der Waals surface area contributed by atoms with E-state index in [9.17, 15) is 5.11 Å². The number of nitrogens with zero attached hydrogens (tertiary/aromatic N) is 2. The first-order valence-electron chi connectivity index (χ1n) is 10.7. The van der Waals surface area contributed by atoms with E-state index in [1.54, 1.807) is 25.2 Å². The first kappa shape index (κ1) is 21.7. The average Bonchev–Trinajstić information content (AvgIpc) is 3.47. The fraction of sp³-hybridized carbons (Fsp3) is 0.107. The van der Waals surface area contributed by atoms with Gasteiger partial charge in [0.15, 0.2) is 0 Å². The van der Waals surface area contributed by atoms with Gasteiger partial charge in [-0.1, -0.05) is 78.3 Å². The van der Waals surface area contributed by atoms with Crippen molar-refractivity contribution in [3.8, 4) is 37.8 Å². The van der Waals surface area contributed by atoms with Crippen LogP contribution < -0.4 is 0 Å². The zero-order valence-corrected chi connectivity index (χ0v) is 19.9. The van der Waals surface area contributed by atoms with Gasteiger partial charge in [-0.05, 0) is 60.9 Å². The molecule has 0 unspecified atom stereocenters. The van der Waals surface area contributed by atoms with Gasteiger partial charge >= 0.3 is 0 Å². The summed E-state index contributed by atoms with van der Waals surface area (Å²) in [6, 6.07) is 32.7. The molecule has 0 amide bonds. The Balaban J connectivity index is 1.64. The molecule has 5 heteroatoms. The summed E-state index contributed by atoms with van der Waals surface area (Å²) in [5.41, 5.74) is 4.78. The van der Waals surface area contributed by atoms with Crippen molar-refractivity contribution in [2.75, 3.05) is 0 Å². The number of aliphatic hydroxyl groups is 1. The van der Waals surface area contributed by atoms with Crippen LogP contribution in [-0.4, -0.2) is 14.9 Å². The average molecular weight is 471 g/mol. The Morgan fingerprint density at radius 2 is 1.42 bits per heavy atom. The molecule has 1 N–H and O–H groups in total. The number of thiophene rings is 1. The molecular formula is C28H23ClN2OS. The van der Waals surface area contributed by atoms with Crippen LogP contribution in [0.2, 0.25) is 5.02 Å². The minimum Gasteiger partial charge on any atom is -0.384 e. The summed E-state index contributed by atoms with van der Waals surface area (Å²) >= 11 is 8.21. The van der Waals surface area contributed by atoms with Crippen LogP contribution in [0.15, 0.2) is 97.1 Å². The van der Waals surface area contributed by atoms with Crippen molar-refractivity contribution in [3.63, 3.8) is 0 Å². The maximum absolute atomic E-state index is 10.6. The van der Waals surface area contributed by atoms with E-state index < -0.39 is 5.60 Å². The fourth-order valence-corrected chi connectivity index (χ4v) is 5.11. The van der Waals surface area contributed by atoms with Gasteiger partial charge in [-0.3, -0.25) is 0 Å². The molecule has 0 bridgehead atoms. The maximum Gasteiger partial charge on any atom is 0.103 e. The van der Waals surface area contributed by atoms with E-state index in [1.807, 2.05) is 41.1 Å². The summed E-state index contributed by atoms with van der Waals surface area (Å²) in [5.74, 6) is 0. The molecule has 5 rings (SSSR count). The standard InChI is InChI=1S/C28H23ClN2OS/c1-28(2,32)27-18-24(31(30-27)23-15-9-8-14-22(23)29)26-17-16-25(33-26)21-13-7-6-12-20(21)19-10-4-3-5-11-19/h3-18,32H,1-2H3. The lowest BCUT2D eigenvalue weighted by Crippen LogP contribution is -2.16. The molecule has 0 aliphatic carbocycles. The summed E-state index contributed by atoms with van der Waals surface area (Å²) in [5, 5.41) is 16.0. The third-order valence-corrected chi connectivity index (χ3v) is 7.01. The zero-order chi connectivity index (χ0) is 23.0. The fourth-order valence-electron chi connectivity index (χ4n) is 3.85. The molecule has 0 spiro atoms. The van der Waals surface area contributed by atoms with Crippen molar-refractivity contribution in [1.29, 1.82) is 0 Å². The normalized spacial score (nSPS) is 11.6. The van der Waals surface area contributed by atoms with Gasteiger partial charge in [-0.15, -0.1) is 11.3 Å². The molecule has 2 aromatic heterocycles. The lowest BCUT2D eigenvalue weighted by atomic mass is 9.99. The number of para-hydroxylation sites is 1. The van der Waals surface area contributed by atoms with Gasteiger partial charge in [0.2, 0.25) is 0 Å². The molecule has 0 saturated carbocycles. The second-order valence-corrected chi connectivity index (χ2v) is 9.90. The highest BCUT2D eigenvalue weighted by Gasteiger charge is 2.24. The van der Waals surface area contributed by atoms with Crippen molar-refractivity contribution in [3.05, 3.63) is 108 Å². The Kier molecular flexibility index (Phi) is 5.67. The molecule has 5 aromatic rings. The van der Waals surface area contributed by atoms with Gasteiger partial charge in [-0.25, -0.2) is 4.68 Å². The van der Waals surface area contributed by atoms with Crippen LogP contribution in [0.25, 0.3) is 37.8 Å². The van der Waals surface area contributed by atoms with E-state index in [0.717, 1.165) is 16.3 Å². The van der Waals surface area contributed by atoms with Crippen molar-refractivity contribution in [2.45, 2.75) is 19.4 Å². The molecule has 0 saturated heterocycles. The highest BCUT2D eigenvalue weighted by molar-refractivity contribution is 7.18. The molecule has 0 aliphatic rings. The van der Waals surface area contributed by atoms with Gasteiger partial charge < -0.3 is 5.11 Å². The summed E-state index contributed by atoms with van der Waals surface area (Å²) < 4.78 is 1.83. The predicted octanol–water partition coefficient (Wildman–Crippen LogP) is 7.82. The Morgan fingerprint density at radius 1 is 0.788 bits per heavy atom. The smallest absolute Gasteiger partial charge is 0.103 e. The lowest BCUT2D eigenvalue weighted by molar-refractivity contribution is 0.0734. The predicted molar refractivity (Wildman–Crippen MR) is 138 cm³/mol. The van der Waals surface area contributed by atoms with Crippen LogP contribution in [-0.2, 0) is 5.60 Å². The molecular weight excluding hydrogens is 448 g/mol. The van der Waals surface area contributed by atoms with Gasteiger partial charge in [0.25, 0.3) is 0 Å². The van der Waals surface area contributed by atoms with Crippen molar-refractivity contribution >= 4 is 22.9 Å². The van der Waals surface area contributed by atoms with Crippen LogP contribution in [0.3, 0.4) is 0 Å². The third kappa shape index (κ3) is 4.25. The molecule has 0 atom stereocenters. The minimum atomic E-state index is -1.07. The summed E-state index contributed by atoms with van der Waals surface area (Å²) in [4.78, 5) is 2.22. The van der Waals surface area contributed by atoms with Gasteiger partial charge in [0.1, 0.15) is 5.60 Å². The second-order valence-electron chi connectivity index (χ2n) is 8.41. The highest BCUT2D eigenvalue weighted by Crippen LogP contribution is 2.41. The van der Waals surface area contributed by atoms with E-state index in [1.165, 1.54) is 21.6 Å². The van der Waals surface area contributed by atoms with Crippen LogP contribution in [0.4, 0.5) is 0 Å². The molecule has 0 fully saturated rings. The molecule has 3 nitrogen and oxygen atoms in total. The second kappa shape index (κ2) is 8.64. The molecule has 33 heavy (non-hydrogen) atoms. The number of rotatable bonds is 5.